The molecule has 1 N–H and O–H groups in total. The Bertz CT molecular complexity index is 1110. The van der Waals surface area contributed by atoms with Crippen molar-refractivity contribution in [1.82, 2.24) is 19.9 Å². The number of benzene rings is 2. The van der Waals surface area contributed by atoms with Crippen LogP contribution in [0.4, 0.5) is 14.9 Å². The Hall–Kier alpha value is -3.79. The van der Waals surface area contributed by atoms with Gasteiger partial charge in [0.05, 0.1) is 13.2 Å². The molecule has 1 aliphatic heterocycles. The van der Waals surface area contributed by atoms with Crippen LogP contribution >= 0.6 is 0 Å². The highest BCUT2D eigenvalue weighted by Gasteiger charge is 2.19. The summed E-state index contributed by atoms with van der Waals surface area (Å²) in [6, 6.07) is 12.3. The summed E-state index contributed by atoms with van der Waals surface area (Å²) in [6.45, 7) is 2.62. The van der Waals surface area contributed by atoms with Gasteiger partial charge in [0.2, 0.25) is 0 Å². The molecule has 0 atom stereocenters. The summed E-state index contributed by atoms with van der Waals surface area (Å²) in [5.74, 6) is 0.329. The average Bonchev–Trinajstić information content (AvgIpc) is 3.32. The van der Waals surface area contributed by atoms with E-state index in [2.05, 4.69) is 15.5 Å². The van der Waals surface area contributed by atoms with E-state index < -0.39 is 5.82 Å². The lowest BCUT2D eigenvalue weighted by Gasteiger charge is -2.26. The molecule has 9 nitrogen and oxygen atoms in total. The van der Waals surface area contributed by atoms with Crippen molar-refractivity contribution in [3.63, 3.8) is 0 Å². The second-order valence-corrected chi connectivity index (χ2v) is 7.61. The van der Waals surface area contributed by atoms with E-state index in [-0.39, 0.29) is 11.9 Å². The zero-order valence-electron chi connectivity index (χ0n) is 18.2. The van der Waals surface area contributed by atoms with Crippen molar-refractivity contribution >= 4 is 17.6 Å². The van der Waals surface area contributed by atoms with E-state index in [0.717, 1.165) is 0 Å². The molecule has 2 aromatic carbocycles. The summed E-state index contributed by atoms with van der Waals surface area (Å²) >= 11 is 0. The molecule has 10 heteroatoms. The first kappa shape index (κ1) is 22.4. The standard InChI is InChI=1S/C23H24FN5O4/c1-28(23(31)25-19-4-2-3-18(24)15-19)10-9-20-26-21(33-27-20)16-5-7-17(8-6-16)22(30)29-11-13-32-14-12-29/h2-8,15H,9-14H2,1H3,(H,25,31). The molecule has 3 amide bonds. The van der Waals surface area contributed by atoms with Crippen molar-refractivity contribution in [3.8, 4) is 11.5 Å². The van der Waals surface area contributed by atoms with Crippen molar-refractivity contribution in [1.29, 1.82) is 0 Å². The van der Waals surface area contributed by atoms with Crippen LogP contribution in [0.1, 0.15) is 16.2 Å². The Balaban J connectivity index is 1.31. The van der Waals surface area contributed by atoms with Crippen LogP contribution in [0.5, 0.6) is 0 Å². The summed E-state index contributed by atoms with van der Waals surface area (Å²) in [6.07, 6.45) is 0.379. The van der Waals surface area contributed by atoms with Crippen LogP contribution in [0.15, 0.2) is 53.1 Å². The summed E-state index contributed by atoms with van der Waals surface area (Å²) < 4.78 is 23.9. The van der Waals surface area contributed by atoms with Crippen molar-refractivity contribution in [2.75, 3.05) is 45.2 Å². The molecular weight excluding hydrogens is 429 g/mol. The lowest BCUT2D eigenvalue weighted by atomic mass is 10.1. The first-order chi connectivity index (χ1) is 16.0. The van der Waals surface area contributed by atoms with Gasteiger partial charge in [0, 0.05) is 49.9 Å². The smallest absolute Gasteiger partial charge is 0.321 e. The molecule has 0 saturated carbocycles. The maximum absolute atomic E-state index is 13.3. The van der Waals surface area contributed by atoms with Gasteiger partial charge in [0.15, 0.2) is 5.82 Å². The Labute approximate surface area is 190 Å². The number of amides is 3. The van der Waals surface area contributed by atoms with E-state index in [1.807, 2.05) is 0 Å². The van der Waals surface area contributed by atoms with Gasteiger partial charge in [-0.05, 0) is 42.5 Å². The van der Waals surface area contributed by atoms with Crippen LogP contribution in [0, 0.1) is 5.82 Å². The number of hydrogen-bond acceptors (Lipinski definition) is 6. The van der Waals surface area contributed by atoms with E-state index in [1.54, 1.807) is 42.3 Å². The molecule has 3 aromatic rings. The first-order valence-corrected chi connectivity index (χ1v) is 10.6. The number of nitrogens with zero attached hydrogens (tertiary/aromatic N) is 4. The minimum atomic E-state index is -0.423. The average molecular weight is 453 g/mol. The third-order valence-electron chi connectivity index (χ3n) is 5.24. The van der Waals surface area contributed by atoms with Gasteiger partial charge in [-0.2, -0.15) is 4.98 Å². The molecule has 1 saturated heterocycles. The number of hydrogen-bond donors (Lipinski definition) is 1. The highest BCUT2D eigenvalue weighted by molar-refractivity contribution is 5.94. The summed E-state index contributed by atoms with van der Waals surface area (Å²) in [4.78, 5) is 32.4. The lowest BCUT2D eigenvalue weighted by molar-refractivity contribution is 0.0303. The SMILES string of the molecule is CN(CCc1noc(-c2ccc(C(=O)N3CCOCC3)cc2)n1)C(=O)Nc1cccc(F)c1. The van der Waals surface area contributed by atoms with E-state index >= 15 is 0 Å². The molecule has 0 bridgehead atoms. The number of aromatic nitrogens is 2. The van der Waals surface area contributed by atoms with Crippen LogP contribution in [0.25, 0.3) is 11.5 Å². The molecule has 0 unspecified atom stereocenters. The largest absolute Gasteiger partial charge is 0.378 e. The van der Waals surface area contributed by atoms with Crippen molar-refractivity contribution in [3.05, 3.63) is 65.7 Å². The Morgan fingerprint density at radius 3 is 2.64 bits per heavy atom. The number of halogens is 1. The fourth-order valence-corrected chi connectivity index (χ4v) is 3.33. The summed E-state index contributed by atoms with van der Waals surface area (Å²) in [7, 11) is 1.62. The number of urea groups is 1. The van der Waals surface area contributed by atoms with Gasteiger partial charge >= 0.3 is 6.03 Å². The molecule has 2 heterocycles. The topological polar surface area (TPSA) is 101 Å². The first-order valence-electron chi connectivity index (χ1n) is 10.6. The molecule has 1 fully saturated rings. The Kier molecular flexibility index (Phi) is 6.94. The molecule has 4 rings (SSSR count). The third-order valence-corrected chi connectivity index (χ3v) is 5.24. The normalized spacial score (nSPS) is 13.6. The third kappa shape index (κ3) is 5.72. The van der Waals surface area contributed by atoms with E-state index in [9.17, 15) is 14.0 Å². The maximum atomic E-state index is 13.3. The predicted octanol–water partition coefficient (Wildman–Crippen LogP) is 3.05. The van der Waals surface area contributed by atoms with Crippen LogP contribution in [-0.2, 0) is 11.2 Å². The van der Waals surface area contributed by atoms with Crippen molar-refractivity contribution in [2.45, 2.75) is 6.42 Å². The summed E-state index contributed by atoms with van der Waals surface area (Å²) in [5.41, 5.74) is 1.67. The quantitative estimate of drug-likeness (QED) is 0.616. The number of ether oxygens (including phenoxy) is 1. The van der Waals surface area contributed by atoms with E-state index in [4.69, 9.17) is 9.26 Å². The van der Waals surface area contributed by atoms with Crippen LogP contribution in [-0.4, -0.2) is 71.8 Å². The fraction of sp³-hybridized carbons (Fsp3) is 0.304. The molecule has 172 valence electrons. The second-order valence-electron chi connectivity index (χ2n) is 7.61. The Morgan fingerprint density at radius 2 is 1.91 bits per heavy atom. The molecule has 33 heavy (non-hydrogen) atoms. The molecule has 0 spiro atoms. The zero-order valence-corrected chi connectivity index (χ0v) is 18.2. The van der Waals surface area contributed by atoms with E-state index in [1.165, 1.54) is 23.1 Å². The van der Waals surface area contributed by atoms with Gasteiger partial charge in [0.25, 0.3) is 11.8 Å². The highest BCUT2D eigenvalue weighted by Crippen LogP contribution is 2.19. The zero-order chi connectivity index (χ0) is 23.2. The second kappa shape index (κ2) is 10.2. The number of nitrogens with one attached hydrogen (secondary N) is 1. The van der Waals surface area contributed by atoms with Gasteiger partial charge in [-0.3, -0.25) is 4.79 Å². The monoisotopic (exact) mass is 453 g/mol. The van der Waals surface area contributed by atoms with Gasteiger partial charge < -0.3 is 24.4 Å². The van der Waals surface area contributed by atoms with Crippen LogP contribution in [0.3, 0.4) is 0 Å². The molecule has 0 radical (unpaired) electrons. The number of anilines is 1. The number of likely N-dealkylation sites (N-methyl/N-ethyl adjacent to an activating group) is 1. The highest BCUT2D eigenvalue weighted by atomic mass is 19.1. The number of rotatable bonds is 6. The van der Waals surface area contributed by atoms with Crippen molar-refractivity contribution in [2.24, 2.45) is 0 Å². The number of morpholine rings is 1. The minimum Gasteiger partial charge on any atom is -0.378 e. The van der Waals surface area contributed by atoms with E-state index in [0.29, 0.717) is 67.8 Å². The van der Waals surface area contributed by atoms with Gasteiger partial charge in [-0.25, -0.2) is 9.18 Å². The number of carbonyl (C=O) groups excluding carboxylic acids is 2. The van der Waals surface area contributed by atoms with Gasteiger partial charge in [-0.15, -0.1) is 0 Å². The fourth-order valence-electron chi connectivity index (χ4n) is 3.33. The van der Waals surface area contributed by atoms with Crippen LogP contribution < -0.4 is 5.32 Å². The molecular formula is C23H24FN5O4. The lowest BCUT2D eigenvalue weighted by Crippen LogP contribution is -2.40. The Morgan fingerprint density at radius 1 is 1.15 bits per heavy atom. The van der Waals surface area contributed by atoms with Crippen LogP contribution in [0.2, 0.25) is 0 Å². The maximum Gasteiger partial charge on any atom is 0.321 e. The predicted molar refractivity (Wildman–Crippen MR) is 118 cm³/mol. The summed E-state index contributed by atoms with van der Waals surface area (Å²) in [5, 5.41) is 6.60. The molecule has 1 aliphatic rings. The minimum absolute atomic E-state index is 0.0318. The molecule has 1 aromatic heterocycles. The van der Waals surface area contributed by atoms with Gasteiger partial charge in [-0.1, -0.05) is 11.2 Å². The van der Waals surface area contributed by atoms with Gasteiger partial charge in [0.1, 0.15) is 5.82 Å². The van der Waals surface area contributed by atoms with Crippen molar-refractivity contribution < 1.29 is 23.2 Å². The molecule has 0 aliphatic carbocycles. The number of carbonyl (C=O) groups is 2.